The molecule has 1 aromatic carbocycles. The number of nitrogens with one attached hydrogen (secondary N) is 1. The zero-order chi connectivity index (χ0) is 16.4. The maximum Gasteiger partial charge on any atom is 0.417 e. The first-order valence-corrected chi connectivity index (χ1v) is 6.76. The van der Waals surface area contributed by atoms with Crippen molar-refractivity contribution >= 4 is 11.6 Å². The average Bonchev–Trinajstić information content (AvgIpc) is 2.43. The maximum atomic E-state index is 12.7. The molecule has 0 bridgehead atoms. The number of aliphatic hydroxyl groups is 1. The van der Waals surface area contributed by atoms with Crippen LogP contribution in [0.15, 0.2) is 24.3 Å². The van der Waals surface area contributed by atoms with Crippen molar-refractivity contribution in [2.45, 2.75) is 24.6 Å². The second-order valence-corrected chi connectivity index (χ2v) is 5.36. The number of carbonyl (C=O) groups is 1. The normalized spacial score (nSPS) is 19.0. The Bertz CT molecular complexity index is 523. The van der Waals surface area contributed by atoms with Crippen molar-refractivity contribution < 1.29 is 27.5 Å². The van der Waals surface area contributed by atoms with Crippen LogP contribution in [0, 0.1) is 5.82 Å². The lowest BCUT2D eigenvalue weighted by atomic mass is 9.91. The fourth-order valence-corrected chi connectivity index (χ4v) is 2.30. The van der Waals surface area contributed by atoms with Gasteiger partial charge in [0.15, 0.2) is 5.60 Å². The van der Waals surface area contributed by atoms with Crippen molar-refractivity contribution in [2.24, 2.45) is 0 Å². The van der Waals surface area contributed by atoms with Gasteiger partial charge in [-0.1, -0.05) is 0 Å². The molecule has 0 saturated carbocycles. The summed E-state index contributed by atoms with van der Waals surface area (Å²) in [6.45, 7) is -0.120. The summed E-state index contributed by atoms with van der Waals surface area (Å²) in [5.74, 6) is -0.829. The molecule has 1 heterocycles. The molecule has 22 heavy (non-hydrogen) atoms. The lowest BCUT2D eigenvalue weighted by Gasteiger charge is -2.38. The molecule has 4 nitrogen and oxygen atoms in total. The highest BCUT2D eigenvalue weighted by Crippen LogP contribution is 2.38. The van der Waals surface area contributed by atoms with E-state index in [1.807, 2.05) is 0 Å². The Morgan fingerprint density at radius 2 is 1.77 bits per heavy atom. The number of anilines is 1. The van der Waals surface area contributed by atoms with Crippen LogP contribution in [-0.4, -0.2) is 47.3 Å². The zero-order valence-electron chi connectivity index (χ0n) is 11.7. The Morgan fingerprint density at radius 1 is 1.23 bits per heavy atom. The number of halogens is 4. The molecule has 8 heteroatoms. The summed E-state index contributed by atoms with van der Waals surface area (Å²) in [6.07, 6.45) is -5.57. The molecule has 1 fully saturated rings. The predicted octanol–water partition coefficient (Wildman–Crippen LogP) is 2.15. The summed E-state index contributed by atoms with van der Waals surface area (Å²) in [6, 6.07) is 5.18. The molecule has 0 spiro atoms. The van der Waals surface area contributed by atoms with Crippen LogP contribution in [0.4, 0.5) is 23.2 Å². The van der Waals surface area contributed by atoms with E-state index in [9.17, 15) is 27.5 Å². The number of alkyl halides is 3. The van der Waals surface area contributed by atoms with Crippen LogP contribution in [0.1, 0.15) is 12.8 Å². The van der Waals surface area contributed by atoms with Gasteiger partial charge in [0.25, 0.3) is 0 Å². The molecule has 0 aliphatic carbocycles. The minimum Gasteiger partial charge on any atom is -0.380 e. The molecule has 122 valence electrons. The number of hydrogen-bond acceptors (Lipinski definition) is 3. The number of hydrogen-bond donors (Lipinski definition) is 2. The number of likely N-dealkylation sites (tertiary alicyclic amines) is 1. The van der Waals surface area contributed by atoms with Gasteiger partial charge in [0.2, 0.25) is 5.91 Å². The smallest absolute Gasteiger partial charge is 0.380 e. The van der Waals surface area contributed by atoms with E-state index < -0.39 is 36.3 Å². The Labute approximate surface area is 124 Å². The molecule has 2 N–H and O–H groups in total. The Morgan fingerprint density at radius 3 is 2.27 bits per heavy atom. The van der Waals surface area contributed by atoms with Gasteiger partial charge in [-0.15, -0.1) is 0 Å². The fourth-order valence-electron chi connectivity index (χ4n) is 2.30. The standard InChI is InChI=1S/C14H16F4N2O2/c15-10-1-3-11(4-2-10)19-12(21)9-20-7-5-13(22,6-8-20)14(16,17)18/h1-4,22H,5-9H2,(H,19,21). The van der Waals surface area contributed by atoms with Crippen molar-refractivity contribution in [3.8, 4) is 0 Å². The van der Waals surface area contributed by atoms with E-state index in [4.69, 9.17) is 0 Å². The van der Waals surface area contributed by atoms with Gasteiger partial charge in [-0.2, -0.15) is 13.2 Å². The summed E-state index contributed by atoms with van der Waals surface area (Å²) in [5, 5.41) is 12.1. The van der Waals surface area contributed by atoms with Gasteiger partial charge in [-0.25, -0.2) is 4.39 Å². The second kappa shape index (κ2) is 6.21. The predicted molar refractivity (Wildman–Crippen MR) is 71.7 cm³/mol. The van der Waals surface area contributed by atoms with Crippen LogP contribution in [0.25, 0.3) is 0 Å². The quantitative estimate of drug-likeness (QED) is 0.839. The Hall–Kier alpha value is -1.67. The first kappa shape index (κ1) is 16.7. The van der Waals surface area contributed by atoms with Gasteiger partial charge in [-0.05, 0) is 37.1 Å². The Balaban J connectivity index is 1.83. The first-order valence-electron chi connectivity index (χ1n) is 6.76. The number of benzene rings is 1. The van der Waals surface area contributed by atoms with E-state index in [1.165, 1.54) is 24.3 Å². The molecule has 1 saturated heterocycles. The first-order chi connectivity index (χ1) is 10.2. The largest absolute Gasteiger partial charge is 0.417 e. The molecule has 0 aromatic heterocycles. The molecule has 1 amide bonds. The summed E-state index contributed by atoms with van der Waals surface area (Å²) in [7, 11) is 0. The second-order valence-electron chi connectivity index (χ2n) is 5.36. The zero-order valence-corrected chi connectivity index (χ0v) is 11.7. The number of rotatable bonds is 3. The van der Waals surface area contributed by atoms with Crippen molar-refractivity contribution in [3.63, 3.8) is 0 Å². The van der Waals surface area contributed by atoms with Crippen molar-refractivity contribution in [1.29, 1.82) is 0 Å². The lowest BCUT2D eigenvalue weighted by Crippen LogP contribution is -2.54. The van der Waals surface area contributed by atoms with Crippen molar-refractivity contribution in [2.75, 3.05) is 25.0 Å². The minimum atomic E-state index is -4.66. The molecule has 2 rings (SSSR count). The maximum absolute atomic E-state index is 12.7. The van der Waals surface area contributed by atoms with Gasteiger partial charge in [0.05, 0.1) is 6.54 Å². The number of piperidine rings is 1. The third kappa shape index (κ3) is 3.95. The van der Waals surface area contributed by atoms with Crippen LogP contribution in [-0.2, 0) is 4.79 Å². The summed E-state index contributed by atoms with van der Waals surface area (Å²) >= 11 is 0. The third-order valence-electron chi connectivity index (χ3n) is 3.71. The van der Waals surface area contributed by atoms with Crippen molar-refractivity contribution in [3.05, 3.63) is 30.1 Å². The van der Waals surface area contributed by atoms with Crippen molar-refractivity contribution in [1.82, 2.24) is 4.90 Å². The van der Waals surface area contributed by atoms with E-state index >= 15 is 0 Å². The van der Waals surface area contributed by atoms with Crippen LogP contribution in [0.3, 0.4) is 0 Å². The van der Waals surface area contributed by atoms with Crippen LogP contribution >= 0.6 is 0 Å². The third-order valence-corrected chi connectivity index (χ3v) is 3.71. The Kier molecular flexibility index (Phi) is 4.72. The van der Waals surface area contributed by atoms with Crippen LogP contribution < -0.4 is 5.32 Å². The number of amides is 1. The van der Waals surface area contributed by atoms with E-state index in [0.717, 1.165) is 0 Å². The molecule has 1 aromatic rings. The summed E-state index contributed by atoms with van der Waals surface area (Å²) in [4.78, 5) is 13.3. The summed E-state index contributed by atoms with van der Waals surface area (Å²) < 4.78 is 50.7. The topological polar surface area (TPSA) is 52.6 Å². The minimum absolute atomic E-state index is 0.0210. The summed E-state index contributed by atoms with van der Waals surface area (Å²) in [5.41, 5.74) is -2.26. The fraction of sp³-hybridized carbons (Fsp3) is 0.500. The SMILES string of the molecule is O=C(CN1CCC(O)(C(F)(F)F)CC1)Nc1ccc(F)cc1. The number of carbonyl (C=O) groups excluding carboxylic acids is 1. The van der Waals surface area contributed by atoms with Crippen LogP contribution in [0.2, 0.25) is 0 Å². The highest BCUT2D eigenvalue weighted by Gasteiger charge is 2.54. The van der Waals surface area contributed by atoms with E-state index in [0.29, 0.717) is 5.69 Å². The highest BCUT2D eigenvalue weighted by molar-refractivity contribution is 5.92. The molecule has 0 atom stereocenters. The molecule has 0 unspecified atom stereocenters. The van der Waals surface area contributed by atoms with Gasteiger partial charge >= 0.3 is 6.18 Å². The molecular formula is C14H16F4N2O2. The average molecular weight is 320 g/mol. The van der Waals surface area contributed by atoms with Gasteiger partial charge in [0.1, 0.15) is 5.82 Å². The van der Waals surface area contributed by atoms with Gasteiger partial charge in [-0.3, -0.25) is 9.69 Å². The highest BCUT2D eigenvalue weighted by atomic mass is 19.4. The van der Waals surface area contributed by atoms with E-state index in [-0.39, 0.29) is 19.6 Å². The number of nitrogens with zero attached hydrogens (tertiary/aromatic N) is 1. The van der Waals surface area contributed by atoms with E-state index in [2.05, 4.69) is 5.32 Å². The molecule has 0 radical (unpaired) electrons. The molecule has 1 aliphatic rings. The monoisotopic (exact) mass is 320 g/mol. The van der Waals surface area contributed by atoms with Gasteiger partial charge < -0.3 is 10.4 Å². The van der Waals surface area contributed by atoms with Crippen LogP contribution in [0.5, 0.6) is 0 Å². The van der Waals surface area contributed by atoms with Gasteiger partial charge in [0, 0.05) is 18.8 Å². The lowest BCUT2D eigenvalue weighted by molar-refractivity contribution is -0.272. The van der Waals surface area contributed by atoms with E-state index in [1.54, 1.807) is 4.90 Å². The molecule has 1 aliphatic heterocycles. The molecular weight excluding hydrogens is 304 g/mol.